The lowest BCUT2D eigenvalue weighted by molar-refractivity contribution is 0.278. The fourth-order valence-electron chi connectivity index (χ4n) is 2.13. The normalized spacial score (nSPS) is 24.3. The van der Waals surface area contributed by atoms with Gasteiger partial charge in [0.15, 0.2) is 5.58 Å². The predicted octanol–water partition coefficient (Wildman–Crippen LogP) is 1.98. The molecule has 4 nitrogen and oxygen atoms in total. The summed E-state index contributed by atoms with van der Waals surface area (Å²) in [6.45, 7) is 0.903. The fourth-order valence-corrected chi connectivity index (χ4v) is 2.13. The summed E-state index contributed by atoms with van der Waals surface area (Å²) in [6, 6.07) is 8.79. The van der Waals surface area contributed by atoms with Crippen LogP contribution in [0.5, 0.6) is 0 Å². The number of benzene rings is 1. The Bertz CT molecular complexity index is 455. The number of hydrogen-bond acceptors (Lipinski definition) is 4. The topological polar surface area (TPSA) is 64.1 Å². The lowest BCUT2D eigenvalue weighted by atomic mass is 9.81. The number of fused-ring (bicyclic) bond motifs is 1. The Hall–Kier alpha value is -1.55. The minimum absolute atomic E-state index is 0.399. The van der Waals surface area contributed by atoms with Crippen molar-refractivity contribution in [2.75, 3.05) is 11.9 Å². The first kappa shape index (κ1) is 9.66. The summed E-state index contributed by atoms with van der Waals surface area (Å²) in [5, 5.41) is 3.22. The van der Waals surface area contributed by atoms with Gasteiger partial charge in [-0.05, 0) is 30.9 Å². The van der Waals surface area contributed by atoms with Gasteiger partial charge in [-0.3, -0.25) is 0 Å². The van der Waals surface area contributed by atoms with Crippen molar-refractivity contribution in [1.82, 2.24) is 4.98 Å². The molecule has 1 aromatic carbocycles. The van der Waals surface area contributed by atoms with Crippen LogP contribution in [0, 0.1) is 5.92 Å². The first-order chi connectivity index (χ1) is 7.81. The third-order valence-corrected chi connectivity index (χ3v) is 3.11. The lowest BCUT2D eigenvalue weighted by Gasteiger charge is -2.32. The molecular formula is C12H15N3O. The molecule has 1 saturated carbocycles. The van der Waals surface area contributed by atoms with Crippen LogP contribution in [-0.4, -0.2) is 17.6 Å². The van der Waals surface area contributed by atoms with Gasteiger partial charge in [-0.2, -0.15) is 4.98 Å². The van der Waals surface area contributed by atoms with Crippen molar-refractivity contribution < 1.29 is 4.42 Å². The predicted molar refractivity (Wildman–Crippen MR) is 63.2 cm³/mol. The molecule has 1 aliphatic carbocycles. The van der Waals surface area contributed by atoms with Crippen molar-refractivity contribution in [2.24, 2.45) is 11.7 Å². The maximum atomic E-state index is 5.73. The minimum Gasteiger partial charge on any atom is -0.424 e. The fraction of sp³-hybridized carbons (Fsp3) is 0.417. The number of oxazole rings is 1. The molecule has 0 atom stereocenters. The summed E-state index contributed by atoms with van der Waals surface area (Å²) in [4.78, 5) is 4.35. The molecule has 3 N–H and O–H groups in total. The molecule has 1 fully saturated rings. The maximum Gasteiger partial charge on any atom is 0.295 e. The van der Waals surface area contributed by atoms with Gasteiger partial charge in [-0.25, -0.2) is 0 Å². The minimum atomic E-state index is 0.399. The first-order valence-corrected chi connectivity index (χ1v) is 5.66. The zero-order valence-electron chi connectivity index (χ0n) is 9.02. The molecule has 2 aromatic rings. The smallest absolute Gasteiger partial charge is 0.295 e. The van der Waals surface area contributed by atoms with Gasteiger partial charge in [0, 0.05) is 12.6 Å². The first-order valence-electron chi connectivity index (χ1n) is 5.66. The van der Waals surface area contributed by atoms with E-state index in [1.165, 1.54) is 0 Å². The van der Waals surface area contributed by atoms with Crippen LogP contribution in [0.1, 0.15) is 12.8 Å². The molecule has 0 spiro atoms. The van der Waals surface area contributed by atoms with Gasteiger partial charge in [0.25, 0.3) is 6.01 Å². The van der Waals surface area contributed by atoms with E-state index >= 15 is 0 Å². The number of para-hydroxylation sites is 2. The van der Waals surface area contributed by atoms with Crippen LogP contribution in [0.2, 0.25) is 0 Å². The van der Waals surface area contributed by atoms with E-state index in [0.717, 1.165) is 30.5 Å². The number of rotatable bonds is 3. The summed E-state index contributed by atoms with van der Waals surface area (Å²) >= 11 is 0. The Balaban J connectivity index is 1.65. The average molecular weight is 217 g/mol. The average Bonchev–Trinajstić information content (AvgIpc) is 2.65. The number of aromatic nitrogens is 1. The van der Waals surface area contributed by atoms with E-state index in [9.17, 15) is 0 Å². The zero-order valence-corrected chi connectivity index (χ0v) is 9.02. The second-order valence-electron chi connectivity index (χ2n) is 4.47. The molecule has 3 rings (SSSR count). The summed E-state index contributed by atoms with van der Waals surface area (Å²) < 4.78 is 5.56. The van der Waals surface area contributed by atoms with E-state index in [1.54, 1.807) is 0 Å². The van der Waals surface area contributed by atoms with E-state index in [4.69, 9.17) is 10.2 Å². The standard InChI is InChI=1S/C12H15N3O/c13-9-5-8(6-9)7-14-12-15-10-3-1-2-4-11(10)16-12/h1-4,8-9H,5-7,13H2,(H,14,15). The number of nitrogens with two attached hydrogens (primary N) is 1. The SMILES string of the molecule is NC1CC(CNc2nc3ccccc3o2)C1. The van der Waals surface area contributed by atoms with Crippen LogP contribution >= 0.6 is 0 Å². The van der Waals surface area contributed by atoms with E-state index in [0.29, 0.717) is 18.0 Å². The second-order valence-corrected chi connectivity index (χ2v) is 4.47. The Kier molecular flexibility index (Phi) is 2.29. The van der Waals surface area contributed by atoms with Crippen molar-refractivity contribution in [2.45, 2.75) is 18.9 Å². The molecule has 1 heterocycles. The lowest BCUT2D eigenvalue weighted by Crippen LogP contribution is -2.39. The van der Waals surface area contributed by atoms with Crippen LogP contribution in [-0.2, 0) is 0 Å². The van der Waals surface area contributed by atoms with Gasteiger partial charge in [0.2, 0.25) is 0 Å². The van der Waals surface area contributed by atoms with Crippen molar-refractivity contribution in [1.29, 1.82) is 0 Å². The molecule has 4 heteroatoms. The second kappa shape index (κ2) is 3.79. The maximum absolute atomic E-state index is 5.73. The van der Waals surface area contributed by atoms with E-state index in [2.05, 4.69) is 10.3 Å². The van der Waals surface area contributed by atoms with Crippen LogP contribution < -0.4 is 11.1 Å². The molecule has 84 valence electrons. The van der Waals surface area contributed by atoms with Crippen LogP contribution in [0.4, 0.5) is 6.01 Å². The van der Waals surface area contributed by atoms with Crippen molar-refractivity contribution >= 4 is 17.1 Å². The highest BCUT2D eigenvalue weighted by Gasteiger charge is 2.25. The number of anilines is 1. The summed E-state index contributed by atoms with van der Waals surface area (Å²) in [5.74, 6) is 0.671. The molecular weight excluding hydrogens is 202 g/mol. The van der Waals surface area contributed by atoms with Gasteiger partial charge in [-0.1, -0.05) is 12.1 Å². The molecule has 1 aliphatic rings. The summed E-state index contributed by atoms with van der Waals surface area (Å²) in [7, 11) is 0. The Labute approximate surface area is 93.8 Å². The summed E-state index contributed by atoms with van der Waals surface area (Å²) in [5.41, 5.74) is 7.46. The van der Waals surface area contributed by atoms with E-state index in [1.807, 2.05) is 24.3 Å². The number of hydrogen-bond donors (Lipinski definition) is 2. The van der Waals surface area contributed by atoms with Gasteiger partial charge < -0.3 is 15.5 Å². The third kappa shape index (κ3) is 1.76. The van der Waals surface area contributed by atoms with Crippen molar-refractivity contribution in [3.8, 4) is 0 Å². The highest BCUT2D eigenvalue weighted by atomic mass is 16.4. The molecule has 1 aromatic heterocycles. The van der Waals surface area contributed by atoms with Gasteiger partial charge in [0.05, 0.1) is 0 Å². The molecule has 0 bridgehead atoms. The van der Waals surface area contributed by atoms with E-state index in [-0.39, 0.29) is 0 Å². The monoisotopic (exact) mass is 217 g/mol. The van der Waals surface area contributed by atoms with Gasteiger partial charge >= 0.3 is 0 Å². The van der Waals surface area contributed by atoms with Crippen LogP contribution in [0.3, 0.4) is 0 Å². The molecule has 0 saturated heterocycles. The van der Waals surface area contributed by atoms with Gasteiger partial charge in [-0.15, -0.1) is 0 Å². The summed E-state index contributed by atoms with van der Waals surface area (Å²) in [6.07, 6.45) is 2.21. The van der Waals surface area contributed by atoms with Gasteiger partial charge in [0.1, 0.15) is 5.52 Å². The Morgan fingerprint density at radius 3 is 2.94 bits per heavy atom. The molecule has 0 radical (unpaired) electrons. The molecule has 0 unspecified atom stereocenters. The highest BCUT2D eigenvalue weighted by molar-refractivity contribution is 5.74. The Morgan fingerprint density at radius 1 is 1.38 bits per heavy atom. The molecule has 0 amide bonds. The van der Waals surface area contributed by atoms with Crippen LogP contribution in [0.25, 0.3) is 11.1 Å². The highest BCUT2D eigenvalue weighted by Crippen LogP contribution is 2.26. The quantitative estimate of drug-likeness (QED) is 0.825. The molecule has 0 aliphatic heterocycles. The van der Waals surface area contributed by atoms with Crippen LogP contribution in [0.15, 0.2) is 28.7 Å². The number of nitrogens with one attached hydrogen (secondary N) is 1. The molecule has 16 heavy (non-hydrogen) atoms. The Morgan fingerprint density at radius 2 is 2.19 bits per heavy atom. The van der Waals surface area contributed by atoms with E-state index < -0.39 is 0 Å². The third-order valence-electron chi connectivity index (χ3n) is 3.11. The number of nitrogens with zero attached hydrogens (tertiary/aromatic N) is 1. The van der Waals surface area contributed by atoms with Crippen molar-refractivity contribution in [3.63, 3.8) is 0 Å². The largest absolute Gasteiger partial charge is 0.424 e. The van der Waals surface area contributed by atoms with Crippen molar-refractivity contribution in [3.05, 3.63) is 24.3 Å². The zero-order chi connectivity index (χ0) is 11.0.